The molecule has 1 rings (SSSR count). The van der Waals surface area contributed by atoms with Gasteiger partial charge in [-0.1, -0.05) is 27.7 Å². The Morgan fingerprint density at radius 2 is 1.81 bits per heavy atom. The highest BCUT2D eigenvalue weighted by molar-refractivity contribution is 4.86. The van der Waals surface area contributed by atoms with E-state index in [1.54, 1.807) is 0 Å². The van der Waals surface area contributed by atoms with E-state index in [-0.39, 0.29) is 0 Å². The van der Waals surface area contributed by atoms with Gasteiger partial charge in [-0.2, -0.15) is 0 Å². The van der Waals surface area contributed by atoms with Gasteiger partial charge in [-0.3, -0.25) is 0 Å². The van der Waals surface area contributed by atoms with Crippen molar-refractivity contribution in [2.24, 2.45) is 11.3 Å². The van der Waals surface area contributed by atoms with Crippen LogP contribution in [-0.4, -0.2) is 23.8 Å². The number of aliphatic hydroxyl groups is 1. The Kier molecular flexibility index (Phi) is 4.81. The van der Waals surface area contributed by atoms with E-state index < -0.39 is 5.60 Å². The average Bonchev–Trinajstić information content (AvgIpc) is 2.17. The maximum atomic E-state index is 10.4. The monoisotopic (exact) mass is 227 g/mol. The van der Waals surface area contributed by atoms with Gasteiger partial charge in [0.15, 0.2) is 0 Å². The van der Waals surface area contributed by atoms with Crippen LogP contribution in [0.3, 0.4) is 0 Å². The van der Waals surface area contributed by atoms with Crippen LogP contribution in [0.4, 0.5) is 0 Å². The Balaban J connectivity index is 2.17. The summed E-state index contributed by atoms with van der Waals surface area (Å²) in [5.41, 5.74) is -0.0406. The summed E-state index contributed by atoms with van der Waals surface area (Å²) in [6.07, 6.45) is 5.46. The second-order valence-corrected chi connectivity index (χ2v) is 6.89. The molecule has 2 nitrogen and oxygen atoms in total. The van der Waals surface area contributed by atoms with Crippen molar-refractivity contribution >= 4 is 0 Å². The number of hydrogen-bond acceptors (Lipinski definition) is 2. The standard InChI is InChI=1S/C14H29NO/c1-12-5-7-14(16,8-6-12)11-15-10-9-13(2,3)4/h12,15-16H,5-11H2,1-4H3. The molecule has 0 aliphatic heterocycles. The molecule has 0 saturated heterocycles. The normalized spacial score (nSPS) is 31.7. The topological polar surface area (TPSA) is 32.3 Å². The van der Waals surface area contributed by atoms with Crippen molar-refractivity contribution in [1.82, 2.24) is 5.32 Å². The van der Waals surface area contributed by atoms with Crippen molar-refractivity contribution in [2.75, 3.05) is 13.1 Å². The summed E-state index contributed by atoms with van der Waals surface area (Å²) >= 11 is 0. The zero-order valence-corrected chi connectivity index (χ0v) is 11.5. The lowest BCUT2D eigenvalue weighted by Crippen LogP contribution is -2.43. The summed E-state index contributed by atoms with van der Waals surface area (Å²) in [5.74, 6) is 0.801. The van der Waals surface area contributed by atoms with Crippen LogP contribution in [-0.2, 0) is 0 Å². The molecule has 0 radical (unpaired) electrons. The summed E-state index contributed by atoms with van der Waals surface area (Å²) in [7, 11) is 0. The van der Waals surface area contributed by atoms with E-state index in [2.05, 4.69) is 33.0 Å². The molecule has 0 unspecified atom stereocenters. The van der Waals surface area contributed by atoms with Crippen molar-refractivity contribution in [3.8, 4) is 0 Å². The van der Waals surface area contributed by atoms with Gasteiger partial charge >= 0.3 is 0 Å². The van der Waals surface area contributed by atoms with Gasteiger partial charge in [0, 0.05) is 6.54 Å². The Morgan fingerprint density at radius 1 is 1.25 bits per heavy atom. The highest BCUT2D eigenvalue weighted by Crippen LogP contribution is 2.31. The van der Waals surface area contributed by atoms with Crippen LogP contribution in [0, 0.1) is 11.3 Å². The summed E-state index contributed by atoms with van der Waals surface area (Å²) in [4.78, 5) is 0. The third-order valence-corrected chi connectivity index (χ3v) is 3.71. The van der Waals surface area contributed by atoms with Crippen LogP contribution in [0.15, 0.2) is 0 Å². The van der Waals surface area contributed by atoms with E-state index in [4.69, 9.17) is 0 Å². The van der Waals surface area contributed by atoms with Crippen LogP contribution in [0.25, 0.3) is 0 Å². The maximum absolute atomic E-state index is 10.4. The Bertz CT molecular complexity index is 199. The maximum Gasteiger partial charge on any atom is 0.0771 e. The van der Waals surface area contributed by atoms with E-state index in [1.165, 1.54) is 19.3 Å². The first-order valence-corrected chi connectivity index (χ1v) is 6.74. The molecule has 0 aromatic heterocycles. The SMILES string of the molecule is CC1CCC(O)(CNCCC(C)(C)C)CC1. The van der Waals surface area contributed by atoms with Gasteiger partial charge in [0.2, 0.25) is 0 Å². The smallest absolute Gasteiger partial charge is 0.0771 e. The summed E-state index contributed by atoms with van der Waals surface area (Å²) in [5, 5.41) is 13.8. The second-order valence-electron chi connectivity index (χ2n) is 6.89. The lowest BCUT2D eigenvalue weighted by Gasteiger charge is -2.35. The molecule has 0 spiro atoms. The van der Waals surface area contributed by atoms with Crippen molar-refractivity contribution in [2.45, 2.75) is 65.4 Å². The molecule has 0 aromatic rings. The predicted molar refractivity (Wildman–Crippen MR) is 69.5 cm³/mol. The first kappa shape index (κ1) is 14.0. The molecular weight excluding hydrogens is 198 g/mol. The minimum Gasteiger partial charge on any atom is -0.389 e. The van der Waals surface area contributed by atoms with Gasteiger partial charge in [-0.05, 0) is 50.0 Å². The molecule has 1 aliphatic rings. The number of hydrogen-bond donors (Lipinski definition) is 2. The Labute approximate surface area is 101 Å². The van der Waals surface area contributed by atoms with Crippen molar-refractivity contribution in [3.63, 3.8) is 0 Å². The largest absolute Gasteiger partial charge is 0.389 e. The average molecular weight is 227 g/mol. The van der Waals surface area contributed by atoms with Crippen LogP contribution in [0.2, 0.25) is 0 Å². The van der Waals surface area contributed by atoms with E-state index in [9.17, 15) is 5.11 Å². The van der Waals surface area contributed by atoms with Crippen molar-refractivity contribution in [3.05, 3.63) is 0 Å². The van der Waals surface area contributed by atoms with Crippen LogP contribution >= 0.6 is 0 Å². The van der Waals surface area contributed by atoms with E-state index in [1.807, 2.05) is 0 Å². The molecule has 2 heteroatoms. The molecule has 0 heterocycles. The van der Waals surface area contributed by atoms with Crippen molar-refractivity contribution in [1.29, 1.82) is 0 Å². The molecule has 0 atom stereocenters. The van der Waals surface area contributed by atoms with Crippen LogP contribution in [0.5, 0.6) is 0 Å². The lowest BCUT2D eigenvalue weighted by molar-refractivity contribution is -0.00632. The van der Waals surface area contributed by atoms with Crippen LogP contribution in [0.1, 0.15) is 59.8 Å². The molecular formula is C14H29NO. The molecule has 2 N–H and O–H groups in total. The molecule has 96 valence electrons. The summed E-state index contributed by atoms with van der Waals surface area (Å²) < 4.78 is 0. The first-order valence-electron chi connectivity index (χ1n) is 6.74. The summed E-state index contributed by atoms with van der Waals surface area (Å²) in [6.45, 7) is 10.8. The fourth-order valence-electron chi connectivity index (χ4n) is 2.26. The second kappa shape index (κ2) is 5.50. The van der Waals surface area contributed by atoms with Gasteiger partial charge < -0.3 is 10.4 Å². The van der Waals surface area contributed by atoms with E-state index in [0.717, 1.165) is 31.8 Å². The molecule has 0 bridgehead atoms. The zero-order chi connectivity index (χ0) is 12.2. The van der Waals surface area contributed by atoms with E-state index in [0.29, 0.717) is 5.41 Å². The lowest BCUT2D eigenvalue weighted by atomic mass is 9.79. The molecule has 1 fully saturated rings. The highest BCUT2D eigenvalue weighted by Gasteiger charge is 2.31. The fourth-order valence-corrected chi connectivity index (χ4v) is 2.26. The van der Waals surface area contributed by atoms with E-state index >= 15 is 0 Å². The third-order valence-electron chi connectivity index (χ3n) is 3.71. The molecule has 0 aromatic carbocycles. The van der Waals surface area contributed by atoms with Gasteiger partial charge in [0.1, 0.15) is 0 Å². The predicted octanol–water partition coefficient (Wildman–Crippen LogP) is 2.95. The minimum absolute atomic E-state index is 0.386. The fraction of sp³-hybridized carbons (Fsp3) is 1.00. The van der Waals surface area contributed by atoms with Gasteiger partial charge in [0.25, 0.3) is 0 Å². The number of nitrogens with one attached hydrogen (secondary N) is 1. The minimum atomic E-state index is -0.426. The molecule has 1 saturated carbocycles. The van der Waals surface area contributed by atoms with Gasteiger partial charge in [0.05, 0.1) is 5.60 Å². The third kappa shape index (κ3) is 5.31. The Hall–Kier alpha value is -0.0800. The zero-order valence-electron chi connectivity index (χ0n) is 11.5. The molecule has 0 amide bonds. The molecule has 1 aliphatic carbocycles. The van der Waals surface area contributed by atoms with Crippen molar-refractivity contribution < 1.29 is 5.11 Å². The van der Waals surface area contributed by atoms with Crippen LogP contribution < -0.4 is 5.32 Å². The first-order chi connectivity index (χ1) is 7.31. The van der Waals surface area contributed by atoms with Gasteiger partial charge in [-0.15, -0.1) is 0 Å². The summed E-state index contributed by atoms with van der Waals surface area (Å²) in [6, 6.07) is 0. The number of rotatable bonds is 4. The molecule has 16 heavy (non-hydrogen) atoms. The van der Waals surface area contributed by atoms with Gasteiger partial charge in [-0.25, -0.2) is 0 Å². The highest BCUT2D eigenvalue weighted by atomic mass is 16.3. The quantitative estimate of drug-likeness (QED) is 0.724. The Morgan fingerprint density at radius 3 is 2.31 bits per heavy atom.